The number of nitrogens with zero attached hydrogens (tertiary/aromatic N) is 2. The molecule has 184 valence electrons. The number of amides is 1. The maximum absolute atomic E-state index is 13.1. The molecule has 0 bridgehead atoms. The largest absolute Gasteiger partial charge is 0.384 e. The number of hydrogen-bond donors (Lipinski definition) is 3. The van der Waals surface area contributed by atoms with Crippen LogP contribution in [0, 0.1) is 33.6 Å². The van der Waals surface area contributed by atoms with Crippen LogP contribution in [0.2, 0.25) is 0 Å². The number of aromatic nitrogens is 2. The summed E-state index contributed by atoms with van der Waals surface area (Å²) in [5.74, 6) is 0.814. The van der Waals surface area contributed by atoms with Crippen LogP contribution in [0.3, 0.4) is 0 Å². The maximum atomic E-state index is 13.1. The second-order valence-corrected chi connectivity index (χ2v) is 9.55. The highest BCUT2D eigenvalue weighted by atomic mass is 16.2. The van der Waals surface area contributed by atoms with Crippen molar-refractivity contribution in [3.05, 3.63) is 74.3 Å². The number of pyridine rings is 2. The van der Waals surface area contributed by atoms with Gasteiger partial charge in [0.2, 0.25) is 5.91 Å². The van der Waals surface area contributed by atoms with E-state index in [-0.39, 0.29) is 17.4 Å². The van der Waals surface area contributed by atoms with Gasteiger partial charge in [-0.1, -0.05) is 0 Å². The summed E-state index contributed by atoms with van der Waals surface area (Å²) >= 11 is 0. The van der Waals surface area contributed by atoms with Gasteiger partial charge in [-0.05, 0) is 100 Å². The van der Waals surface area contributed by atoms with E-state index in [1.54, 1.807) is 6.07 Å². The average Bonchev–Trinajstić information content (AvgIpc) is 3.63. The van der Waals surface area contributed by atoms with Crippen LogP contribution in [-0.2, 0) is 17.9 Å². The van der Waals surface area contributed by atoms with E-state index in [9.17, 15) is 9.59 Å². The van der Waals surface area contributed by atoms with E-state index < -0.39 is 0 Å². The predicted octanol–water partition coefficient (Wildman–Crippen LogP) is 4.31. The first-order chi connectivity index (χ1) is 16.7. The third kappa shape index (κ3) is 5.30. The van der Waals surface area contributed by atoms with Crippen molar-refractivity contribution in [2.45, 2.75) is 60.5 Å². The van der Waals surface area contributed by atoms with Crippen LogP contribution >= 0.6 is 0 Å². The minimum atomic E-state index is -0.0584. The first kappa shape index (κ1) is 24.7. The molecular formula is C28H35N5O2. The van der Waals surface area contributed by atoms with Gasteiger partial charge in [0.15, 0.2) is 0 Å². The highest BCUT2D eigenvalue weighted by Gasteiger charge is 2.34. The van der Waals surface area contributed by atoms with E-state index in [0.29, 0.717) is 25.5 Å². The number of nitrogens with two attached hydrogens (primary N) is 1. The molecule has 1 amide bonds. The molecule has 4 rings (SSSR count). The lowest BCUT2D eigenvalue weighted by Crippen LogP contribution is -2.33. The maximum Gasteiger partial charge on any atom is 0.252 e. The zero-order chi connectivity index (χ0) is 25.3. The molecule has 0 unspecified atom stereocenters. The van der Waals surface area contributed by atoms with E-state index in [2.05, 4.69) is 34.3 Å². The summed E-state index contributed by atoms with van der Waals surface area (Å²) in [6.45, 7) is 11.5. The van der Waals surface area contributed by atoms with Crippen molar-refractivity contribution < 1.29 is 4.79 Å². The van der Waals surface area contributed by atoms with Crippen LogP contribution in [0.25, 0.3) is 11.1 Å². The van der Waals surface area contributed by atoms with Gasteiger partial charge in [0, 0.05) is 53.8 Å². The number of H-pyrrole nitrogens is 1. The number of anilines is 2. The first-order valence-electron chi connectivity index (χ1n) is 12.3. The van der Waals surface area contributed by atoms with Crippen molar-refractivity contribution >= 4 is 17.4 Å². The van der Waals surface area contributed by atoms with E-state index in [1.165, 1.54) is 0 Å². The summed E-state index contributed by atoms with van der Waals surface area (Å²) in [7, 11) is 0. The molecule has 1 saturated carbocycles. The Morgan fingerprint density at radius 1 is 1.14 bits per heavy atom. The molecule has 1 aliphatic rings. The molecule has 0 atom stereocenters. The molecule has 2 aromatic heterocycles. The number of carbonyl (C=O) groups is 1. The summed E-state index contributed by atoms with van der Waals surface area (Å²) in [4.78, 5) is 34.8. The Kier molecular flexibility index (Phi) is 7.08. The van der Waals surface area contributed by atoms with Gasteiger partial charge in [0.25, 0.3) is 5.56 Å². The lowest BCUT2D eigenvalue weighted by Gasteiger charge is -2.26. The van der Waals surface area contributed by atoms with Crippen LogP contribution in [0.1, 0.15) is 53.4 Å². The number of aromatic amines is 1. The highest BCUT2D eigenvalue weighted by Crippen LogP contribution is 2.37. The summed E-state index contributed by atoms with van der Waals surface area (Å²) in [5, 5.41) is 3.45. The Morgan fingerprint density at radius 2 is 1.89 bits per heavy atom. The first-order valence-corrected chi connectivity index (χ1v) is 12.3. The van der Waals surface area contributed by atoms with Gasteiger partial charge in [0.1, 0.15) is 5.82 Å². The summed E-state index contributed by atoms with van der Waals surface area (Å²) in [6, 6.07) is 10.0. The second kappa shape index (κ2) is 10.0. The van der Waals surface area contributed by atoms with E-state index >= 15 is 0 Å². The summed E-state index contributed by atoms with van der Waals surface area (Å²) in [6.07, 6.45) is 1.93. The van der Waals surface area contributed by atoms with Crippen molar-refractivity contribution in [1.29, 1.82) is 0 Å². The topological polar surface area (TPSA) is 104 Å². The normalized spacial score (nSPS) is 13.2. The Balaban J connectivity index is 1.71. The molecule has 2 heterocycles. The molecule has 0 aliphatic heterocycles. The van der Waals surface area contributed by atoms with E-state index in [1.807, 2.05) is 44.7 Å². The van der Waals surface area contributed by atoms with Crippen LogP contribution in [0.15, 0.2) is 35.1 Å². The third-order valence-electron chi connectivity index (χ3n) is 6.82. The van der Waals surface area contributed by atoms with Gasteiger partial charge >= 0.3 is 0 Å². The molecule has 1 fully saturated rings. The van der Waals surface area contributed by atoms with Gasteiger partial charge in [-0.2, -0.15) is 0 Å². The zero-order valence-corrected chi connectivity index (χ0v) is 21.3. The van der Waals surface area contributed by atoms with Crippen molar-refractivity contribution in [3.63, 3.8) is 0 Å². The smallest absolute Gasteiger partial charge is 0.252 e. The van der Waals surface area contributed by atoms with E-state index in [0.717, 1.165) is 63.3 Å². The average molecular weight is 474 g/mol. The Bertz CT molecular complexity index is 1320. The van der Waals surface area contributed by atoms with Gasteiger partial charge in [-0.25, -0.2) is 4.98 Å². The second-order valence-electron chi connectivity index (χ2n) is 9.55. The molecule has 1 aromatic carbocycles. The van der Waals surface area contributed by atoms with Crippen molar-refractivity contribution in [2.24, 2.45) is 5.92 Å². The standard InChI is InChI=1S/C28H35N5O2/c1-6-33(28(35)20-7-8-20)25-13-21(23-9-10-26(29)32-19(23)5)12-22(18(25)4)14-30-15-24-16(2)11-17(3)31-27(24)34/h9-13,20,30H,6-8,14-15H2,1-5H3,(H2,29,32)(H,31,34). The lowest BCUT2D eigenvalue weighted by atomic mass is 9.96. The lowest BCUT2D eigenvalue weighted by molar-refractivity contribution is -0.119. The Hall–Kier alpha value is -3.45. The molecule has 7 nitrogen and oxygen atoms in total. The fourth-order valence-corrected chi connectivity index (χ4v) is 4.68. The SMILES string of the molecule is CCN(C(=O)C1CC1)c1cc(-c2ccc(N)nc2C)cc(CNCc2c(C)cc(C)[nH]c2=O)c1C. The third-order valence-corrected chi connectivity index (χ3v) is 6.82. The molecule has 7 heteroatoms. The predicted molar refractivity (Wildman–Crippen MR) is 141 cm³/mol. The molecule has 0 saturated heterocycles. The van der Waals surface area contributed by atoms with Crippen LogP contribution in [0.5, 0.6) is 0 Å². The highest BCUT2D eigenvalue weighted by molar-refractivity contribution is 5.98. The van der Waals surface area contributed by atoms with E-state index in [4.69, 9.17) is 5.73 Å². The fourth-order valence-electron chi connectivity index (χ4n) is 4.68. The molecule has 3 aromatic rings. The minimum absolute atomic E-state index is 0.0584. The van der Waals surface area contributed by atoms with Crippen LogP contribution in [0.4, 0.5) is 11.5 Å². The van der Waals surface area contributed by atoms with Gasteiger partial charge < -0.3 is 20.9 Å². The number of nitrogens with one attached hydrogen (secondary N) is 2. The van der Waals surface area contributed by atoms with Crippen molar-refractivity contribution in [2.75, 3.05) is 17.2 Å². The number of carbonyl (C=O) groups excluding carboxylic acids is 1. The number of hydrogen-bond acceptors (Lipinski definition) is 5. The Labute approximate surface area is 206 Å². The van der Waals surface area contributed by atoms with Gasteiger partial charge in [-0.3, -0.25) is 9.59 Å². The molecule has 0 spiro atoms. The van der Waals surface area contributed by atoms with Crippen molar-refractivity contribution in [1.82, 2.24) is 15.3 Å². The number of rotatable bonds is 8. The number of aryl methyl sites for hydroxylation is 3. The molecule has 0 radical (unpaired) electrons. The summed E-state index contributed by atoms with van der Waals surface area (Å²) in [5.41, 5.74) is 14.3. The van der Waals surface area contributed by atoms with Crippen LogP contribution < -0.4 is 21.5 Å². The molecular weight excluding hydrogens is 438 g/mol. The number of nitrogen functional groups attached to an aromatic ring is 1. The van der Waals surface area contributed by atoms with Gasteiger partial charge in [0.05, 0.1) is 0 Å². The summed E-state index contributed by atoms with van der Waals surface area (Å²) < 4.78 is 0. The molecule has 4 N–H and O–H groups in total. The van der Waals surface area contributed by atoms with Gasteiger partial charge in [-0.15, -0.1) is 0 Å². The van der Waals surface area contributed by atoms with Crippen LogP contribution in [-0.4, -0.2) is 22.4 Å². The fraction of sp³-hybridized carbons (Fsp3) is 0.393. The van der Waals surface area contributed by atoms with Crippen molar-refractivity contribution in [3.8, 4) is 11.1 Å². The number of benzene rings is 1. The molecule has 35 heavy (non-hydrogen) atoms. The molecule has 1 aliphatic carbocycles. The Morgan fingerprint density at radius 3 is 2.51 bits per heavy atom. The quantitative estimate of drug-likeness (QED) is 0.452. The monoisotopic (exact) mass is 473 g/mol. The zero-order valence-electron chi connectivity index (χ0n) is 21.3. The minimum Gasteiger partial charge on any atom is -0.384 e.